The predicted octanol–water partition coefficient (Wildman–Crippen LogP) is 4.49. The zero-order chi connectivity index (χ0) is 18.6. The van der Waals surface area contributed by atoms with Crippen LogP contribution in [0.25, 0.3) is 16.3 Å². The molecule has 134 valence electrons. The van der Waals surface area contributed by atoms with Crippen LogP contribution in [0.5, 0.6) is 0 Å². The van der Waals surface area contributed by atoms with Gasteiger partial charge in [0.2, 0.25) is 0 Å². The molecule has 0 saturated carbocycles. The highest BCUT2D eigenvalue weighted by molar-refractivity contribution is 7.13. The average molecular weight is 374 g/mol. The first-order chi connectivity index (χ1) is 13.2. The lowest BCUT2D eigenvalue weighted by Crippen LogP contribution is -2.29. The summed E-state index contributed by atoms with van der Waals surface area (Å²) in [6.45, 7) is 1.92. The molecule has 1 atom stereocenters. The number of aromatic nitrogens is 3. The first-order valence-corrected chi connectivity index (χ1v) is 9.51. The summed E-state index contributed by atoms with van der Waals surface area (Å²) in [7, 11) is 0. The quantitative estimate of drug-likeness (QED) is 0.560. The van der Waals surface area contributed by atoms with E-state index in [9.17, 15) is 4.79 Å². The Bertz CT molecular complexity index is 1030. The van der Waals surface area contributed by atoms with E-state index in [0.29, 0.717) is 5.69 Å². The van der Waals surface area contributed by atoms with Gasteiger partial charge in [-0.1, -0.05) is 30.3 Å². The molecule has 0 fully saturated rings. The summed E-state index contributed by atoms with van der Waals surface area (Å²) in [4.78, 5) is 18.4. The third kappa shape index (κ3) is 3.66. The number of rotatable bonds is 5. The van der Waals surface area contributed by atoms with Crippen molar-refractivity contribution in [1.29, 1.82) is 0 Å². The molecule has 0 saturated heterocycles. The lowest BCUT2D eigenvalue weighted by Gasteiger charge is -2.14. The third-order valence-corrected chi connectivity index (χ3v) is 5.09. The molecule has 0 aliphatic heterocycles. The molecule has 0 unspecified atom stereocenters. The van der Waals surface area contributed by atoms with Crippen molar-refractivity contribution in [1.82, 2.24) is 20.1 Å². The molecule has 4 rings (SSSR count). The second-order valence-electron chi connectivity index (χ2n) is 6.09. The van der Waals surface area contributed by atoms with Gasteiger partial charge in [-0.15, -0.1) is 11.3 Å². The zero-order valence-electron chi connectivity index (χ0n) is 14.7. The van der Waals surface area contributed by atoms with Crippen LogP contribution in [0.1, 0.15) is 29.1 Å². The van der Waals surface area contributed by atoms with E-state index < -0.39 is 0 Å². The van der Waals surface area contributed by atoms with Crippen LogP contribution in [-0.2, 0) is 0 Å². The zero-order valence-corrected chi connectivity index (χ0v) is 15.6. The maximum atomic E-state index is 13.0. The molecule has 0 aliphatic carbocycles. The van der Waals surface area contributed by atoms with Gasteiger partial charge in [-0.05, 0) is 48.7 Å². The van der Waals surface area contributed by atoms with Gasteiger partial charge in [-0.2, -0.15) is 5.10 Å². The van der Waals surface area contributed by atoms with Gasteiger partial charge in [0, 0.05) is 6.20 Å². The molecule has 0 bridgehead atoms. The normalized spacial score (nSPS) is 11.9. The Morgan fingerprint density at radius 2 is 1.89 bits per heavy atom. The van der Waals surface area contributed by atoms with Crippen molar-refractivity contribution in [2.24, 2.45) is 0 Å². The highest BCUT2D eigenvalue weighted by Crippen LogP contribution is 2.26. The number of nitrogens with one attached hydrogen (secondary N) is 1. The van der Waals surface area contributed by atoms with Crippen molar-refractivity contribution < 1.29 is 4.79 Å². The number of carbonyl (C=O) groups is 1. The van der Waals surface area contributed by atoms with E-state index in [1.807, 2.05) is 79.0 Å². The van der Waals surface area contributed by atoms with Crippen LogP contribution in [0.2, 0.25) is 0 Å². The molecule has 27 heavy (non-hydrogen) atoms. The number of para-hydroxylation sites is 1. The first kappa shape index (κ1) is 17.2. The summed E-state index contributed by atoms with van der Waals surface area (Å²) < 4.78 is 1.69. The van der Waals surface area contributed by atoms with Gasteiger partial charge in [0.25, 0.3) is 5.91 Å². The van der Waals surface area contributed by atoms with Crippen molar-refractivity contribution in [3.63, 3.8) is 0 Å². The maximum absolute atomic E-state index is 13.0. The summed E-state index contributed by atoms with van der Waals surface area (Å²) in [5.41, 5.74) is 2.93. The topological polar surface area (TPSA) is 59.8 Å². The molecule has 5 nitrogen and oxygen atoms in total. The number of nitrogens with zero attached hydrogens (tertiary/aromatic N) is 3. The van der Waals surface area contributed by atoms with E-state index in [4.69, 9.17) is 0 Å². The Labute approximate surface area is 161 Å². The average Bonchev–Trinajstić information content (AvgIpc) is 3.39. The fourth-order valence-electron chi connectivity index (χ4n) is 2.83. The van der Waals surface area contributed by atoms with E-state index in [1.54, 1.807) is 22.2 Å². The molecule has 3 heterocycles. The Kier molecular flexibility index (Phi) is 4.80. The first-order valence-electron chi connectivity index (χ1n) is 8.63. The number of hydrogen-bond donors (Lipinski definition) is 1. The molecule has 0 radical (unpaired) electrons. The van der Waals surface area contributed by atoms with E-state index in [-0.39, 0.29) is 11.9 Å². The molecule has 3 aromatic heterocycles. The van der Waals surface area contributed by atoms with Crippen LogP contribution >= 0.6 is 11.3 Å². The minimum atomic E-state index is -0.206. The fourth-order valence-corrected chi connectivity index (χ4v) is 3.51. The van der Waals surface area contributed by atoms with Gasteiger partial charge in [0.05, 0.1) is 22.3 Å². The van der Waals surface area contributed by atoms with Gasteiger partial charge in [-0.25, -0.2) is 4.68 Å². The van der Waals surface area contributed by atoms with Crippen molar-refractivity contribution in [2.45, 2.75) is 13.0 Å². The lowest BCUT2D eigenvalue weighted by molar-refractivity contribution is 0.0931. The van der Waals surface area contributed by atoms with E-state index >= 15 is 0 Å². The van der Waals surface area contributed by atoms with E-state index in [0.717, 1.165) is 22.0 Å². The van der Waals surface area contributed by atoms with Crippen LogP contribution in [-0.4, -0.2) is 20.7 Å². The lowest BCUT2D eigenvalue weighted by atomic mass is 10.2. The summed E-state index contributed by atoms with van der Waals surface area (Å²) in [6.07, 6.45) is 1.72. The number of pyridine rings is 1. The van der Waals surface area contributed by atoms with Crippen molar-refractivity contribution in [2.75, 3.05) is 0 Å². The number of benzene rings is 1. The summed E-state index contributed by atoms with van der Waals surface area (Å²) >= 11 is 1.60. The van der Waals surface area contributed by atoms with Crippen LogP contribution < -0.4 is 5.32 Å². The second kappa shape index (κ2) is 7.55. The largest absolute Gasteiger partial charge is 0.343 e. The molecule has 0 spiro atoms. The summed E-state index contributed by atoms with van der Waals surface area (Å²) in [6, 6.07) is 20.9. The molecular formula is C21H18N4OS. The molecule has 1 aromatic carbocycles. The fraction of sp³-hybridized carbons (Fsp3) is 0.0952. The maximum Gasteiger partial charge on any atom is 0.270 e. The minimum absolute atomic E-state index is 0.188. The number of amides is 1. The predicted molar refractivity (Wildman–Crippen MR) is 107 cm³/mol. The smallest absolute Gasteiger partial charge is 0.270 e. The molecular weight excluding hydrogens is 356 g/mol. The molecule has 1 N–H and O–H groups in total. The molecule has 4 aromatic rings. The number of thiophene rings is 1. The minimum Gasteiger partial charge on any atom is -0.343 e. The SMILES string of the molecule is C[C@@H](NC(=O)c1cc(-c2cccs2)nn1-c1ccccc1)c1ccccn1. The molecule has 6 heteroatoms. The van der Waals surface area contributed by atoms with Crippen LogP contribution in [0.4, 0.5) is 0 Å². The Morgan fingerprint density at radius 1 is 1.07 bits per heavy atom. The number of hydrogen-bond acceptors (Lipinski definition) is 4. The van der Waals surface area contributed by atoms with Crippen molar-refractivity contribution in [3.05, 3.63) is 89.7 Å². The Morgan fingerprint density at radius 3 is 2.59 bits per heavy atom. The van der Waals surface area contributed by atoms with E-state index in [1.165, 1.54) is 0 Å². The van der Waals surface area contributed by atoms with Crippen LogP contribution in [0.3, 0.4) is 0 Å². The van der Waals surface area contributed by atoms with Gasteiger partial charge in [0.1, 0.15) is 11.4 Å². The standard InChI is InChI=1S/C21H18N4OS/c1-15(17-10-5-6-12-22-17)23-21(26)19-14-18(20-11-7-13-27-20)24-25(19)16-8-3-2-4-9-16/h2-15H,1H3,(H,23,26)/t15-/m1/s1. The number of carbonyl (C=O) groups excluding carboxylic acids is 1. The third-order valence-electron chi connectivity index (χ3n) is 4.20. The highest BCUT2D eigenvalue weighted by atomic mass is 32.1. The molecule has 1 amide bonds. The Hall–Kier alpha value is -3.25. The van der Waals surface area contributed by atoms with Crippen molar-refractivity contribution >= 4 is 17.2 Å². The Balaban J connectivity index is 1.69. The summed E-state index contributed by atoms with van der Waals surface area (Å²) in [5, 5.41) is 9.70. The van der Waals surface area contributed by atoms with Gasteiger partial charge >= 0.3 is 0 Å². The van der Waals surface area contributed by atoms with Crippen LogP contribution in [0.15, 0.2) is 78.3 Å². The van der Waals surface area contributed by atoms with E-state index in [2.05, 4.69) is 15.4 Å². The highest BCUT2D eigenvalue weighted by Gasteiger charge is 2.20. The van der Waals surface area contributed by atoms with Gasteiger partial charge in [-0.3, -0.25) is 9.78 Å². The monoisotopic (exact) mass is 374 g/mol. The van der Waals surface area contributed by atoms with Gasteiger partial charge in [0.15, 0.2) is 0 Å². The summed E-state index contributed by atoms with van der Waals surface area (Å²) in [5.74, 6) is -0.188. The second-order valence-corrected chi connectivity index (χ2v) is 7.04. The van der Waals surface area contributed by atoms with Crippen LogP contribution in [0, 0.1) is 0 Å². The molecule has 0 aliphatic rings. The van der Waals surface area contributed by atoms with Crippen molar-refractivity contribution in [3.8, 4) is 16.3 Å². The van der Waals surface area contributed by atoms with Gasteiger partial charge < -0.3 is 5.32 Å².